The highest BCUT2D eigenvalue weighted by Crippen LogP contribution is 2.36. The van der Waals surface area contributed by atoms with E-state index in [-0.39, 0.29) is 15.9 Å². The second kappa shape index (κ2) is 9.55. The molecule has 0 bridgehead atoms. The number of thiophene rings is 1. The first-order valence-corrected chi connectivity index (χ1v) is 13.7. The molecule has 7 nitrogen and oxygen atoms in total. The lowest BCUT2D eigenvalue weighted by molar-refractivity contribution is -0.137. The van der Waals surface area contributed by atoms with Gasteiger partial charge in [-0.05, 0) is 50.6 Å². The second-order valence-electron chi connectivity index (χ2n) is 9.52. The molecule has 3 heterocycles. The average Bonchev–Trinajstić information content (AvgIpc) is 3.23. The van der Waals surface area contributed by atoms with Crippen LogP contribution in [-0.4, -0.2) is 56.2 Å². The molecule has 0 aliphatic carbocycles. The lowest BCUT2D eigenvalue weighted by Crippen LogP contribution is -2.50. The molecule has 0 spiro atoms. The van der Waals surface area contributed by atoms with E-state index in [1.807, 2.05) is 25.7 Å². The first-order valence-electron chi connectivity index (χ1n) is 11.2. The maximum absolute atomic E-state index is 13.1. The number of amides is 1. The van der Waals surface area contributed by atoms with Crippen LogP contribution in [0.15, 0.2) is 46.8 Å². The number of pyridine rings is 1. The Kier molecular flexibility index (Phi) is 6.95. The van der Waals surface area contributed by atoms with Crippen molar-refractivity contribution in [2.24, 2.45) is 0 Å². The summed E-state index contributed by atoms with van der Waals surface area (Å²) in [7, 11) is -3.79. The predicted octanol–water partition coefficient (Wildman–Crippen LogP) is 5.35. The number of fused-ring (bicyclic) bond motifs is 1. The maximum Gasteiger partial charge on any atom is 0.416 e. The fourth-order valence-electron chi connectivity index (χ4n) is 3.84. The van der Waals surface area contributed by atoms with Crippen molar-refractivity contribution in [1.29, 1.82) is 0 Å². The molecule has 0 atom stereocenters. The highest BCUT2D eigenvalue weighted by Gasteiger charge is 2.31. The summed E-state index contributed by atoms with van der Waals surface area (Å²) in [6.07, 6.45) is -3.24. The monoisotopic (exact) mass is 541 g/mol. The van der Waals surface area contributed by atoms with Gasteiger partial charge in [-0.15, -0.1) is 11.3 Å². The van der Waals surface area contributed by atoms with Crippen LogP contribution in [-0.2, 0) is 26.5 Å². The van der Waals surface area contributed by atoms with E-state index in [4.69, 9.17) is 4.74 Å². The number of carbonyl (C=O) groups excluding carboxylic acids is 1. The summed E-state index contributed by atoms with van der Waals surface area (Å²) in [5.41, 5.74) is -1.13. The average molecular weight is 542 g/mol. The summed E-state index contributed by atoms with van der Waals surface area (Å²) < 4.78 is 70.8. The second-order valence-corrected chi connectivity index (χ2v) is 12.8. The van der Waals surface area contributed by atoms with Crippen LogP contribution in [0.4, 0.5) is 23.8 Å². The van der Waals surface area contributed by atoms with Gasteiger partial charge >= 0.3 is 12.3 Å². The molecule has 0 N–H and O–H groups in total. The number of benzene rings is 1. The summed E-state index contributed by atoms with van der Waals surface area (Å²) in [5.74, 6) is 0.221. The van der Waals surface area contributed by atoms with Crippen LogP contribution in [0.25, 0.3) is 10.1 Å². The topological polar surface area (TPSA) is 79.8 Å². The minimum Gasteiger partial charge on any atom is -0.444 e. The van der Waals surface area contributed by atoms with E-state index >= 15 is 0 Å². The van der Waals surface area contributed by atoms with Gasteiger partial charge in [0.15, 0.2) is 9.84 Å². The molecule has 0 unspecified atom stereocenters. The molecule has 1 amide bonds. The SMILES string of the molecule is CC(C)(C)OC(=O)N1CCN(c2nccc3sc(S(=O)(=O)Cc4ccc(C(F)(F)F)cc4)cc23)CC1. The molecule has 194 valence electrons. The van der Waals surface area contributed by atoms with Crippen LogP contribution in [0.2, 0.25) is 0 Å². The Labute approximate surface area is 211 Å². The van der Waals surface area contributed by atoms with Gasteiger partial charge < -0.3 is 14.5 Å². The van der Waals surface area contributed by atoms with Crippen molar-refractivity contribution in [1.82, 2.24) is 9.88 Å². The van der Waals surface area contributed by atoms with Gasteiger partial charge in [0.25, 0.3) is 0 Å². The van der Waals surface area contributed by atoms with E-state index in [1.54, 1.807) is 23.2 Å². The number of hydrogen-bond donors (Lipinski definition) is 0. The number of nitrogens with zero attached hydrogens (tertiary/aromatic N) is 3. The van der Waals surface area contributed by atoms with Crippen molar-refractivity contribution in [2.75, 3.05) is 31.1 Å². The van der Waals surface area contributed by atoms with E-state index in [1.165, 1.54) is 12.1 Å². The summed E-state index contributed by atoms with van der Waals surface area (Å²) in [5, 5.41) is 0.680. The Morgan fingerprint density at radius 3 is 2.28 bits per heavy atom. The molecule has 1 aromatic carbocycles. The molecule has 36 heavy (non-hydrogen) atoms. The van der Waals surface area contributed by atoms with Crippen molar-refractivity contribution in [3.8, 4) is 0 Å². The number of aromatic nitrogens is 1. The number of rotatable bonds is 4. The van der Waals surface area contributed by atoms with Gasteiger partial charge in [0.05, 0.1) is 11.3 Å². The van der Waals surface area contributed by atoms with Crippen molar-refractivity contribution in [3.05, 3.63) is 53.7 Å². The number of alkyl halides is 3. The van der Waals surface area contributed by atoms with E-state index in [9.17, 15) is 26.4 Å². The predicted molar refractivity (Wildman–Crippen MR) is 132 cm³/mol. The zero-order valence-electron chi connectivity index (χ0n) is 20.0. The van der Waals surface area contributed by atoms with Gasteiger partial charge in [-0.3, -0.25) is 0 Å². The highest BCUT2D eigenvalue weighted by molar-refractivity contribution is 7.92. The molecule has 0 saturated carbocycles. The van der Waals surface area contributed by atoms with E-state index in [0.29, 0.717) is 37.4 Å². The third-order valence-corrected chi connectivity index (χ3v) is 8.93. The van der Waals surface area contributed by atoms with Gasteiger partial charge in [0, 0.05) is 42.5 Å². The number of piperazine rings is 1. The Bertz CT molecular complexity index is 1360. The Hall–Kier alpha value is -2.86. The molecule has 1 saturated heterocycles. The Balaban J connectivity index is 1.51. The van der Waals surface area contributed by atoms with Crippen LogP contribution in [0.3, 0.4) is 0 Å². The standard InChI is InChI=1S/C24H26F3N3O4S2/c1-23(2,3)34-22(31)30-12-10-29(11-13-30)21-18-14-20(35-19(18)8-9-28-21)36(32,33)15-16-4-6-17(7-5-16)24(25,26)27/h4-9,14H,10-13,15H2,1-3H3. The van der Waals surface area contributed by atoms with Crippen LogP contribution >= 0.6 is 11.3 Å². The summed E-state index contributed by atoms with van der Waals surface area (Å²) >= 11 is 1.10. The van der Waals surface area contributed by atoms with Crippen molar-refractivity contribution >= 4 is 43.2 Å². The molecule has 2 aromatic heterocycles. The summed E-state index contributed by atoms with van der Waals surface area (Å²) in [6.45, 7) is 7.33. The highest BCUT2D eigenvalue weighted by atomic mass is 32.2. The zero-order chi connectivity index (χ0) is 26.3. The minimum absolute atomic E-state index is 0.124. The van der Waals surface area contributed by atoms with Crippen molar-refractivity contribution in [3.63, 3.8) is 0 Å². The van der Waals surface area contributed by atoms with E-state index in [0.717, 1.165) is 28.2 Å². The zero-order valence-corrected chi connectivity index (χ0v) is 21.6. The molecule has 1 aliphatic heterocycles. The molecule has 1 fully saturated rings. The number of anilines is 1. The van der Waals surface area contributed by atoms with Crippen LogP contribution in [0.1, 0.15) is 31.9 Å². The maximum atomic E-state index is 13.1. The first-order chi connectivity index (χ1) is 16.7. The Morgan fingerprint density at radius 1 is 1.06 bits per heavy atom. The molecule has 1 aliphatic rings. The summed E-state index contributed by atoms with van der Waals surface area (Å²) in [6, 6.07) is 7.44. The Morgan fingerprint density at radius 2 is 1.69 bits per heavy atom. The largest absolute Gasteiger partial charge is 0.444 e. The fraction of sp³-hybridized carbons (Fsp3) is 0.417. The molecule has 4 rings (SSSR count). The normalized spacial score (nSPS) is 15.4. The van der Waals surface area contributed by atoms with Crippen LogP contribution < -0.4 is 4.90 Å². The van der Waals surface area contributed by atoms with Gasteiger partial charge in [-0.1, -0.05) is 12.1 Å². The van der Waals surface area contributed by atoms with Crippen molar-refractivity contribution < 1.29 is 31.1 Å². The lowest BCUT2D eigenvalue weighted by atomic mass is 10.1. The lowest BCUT2D eigenvalue weighted by Gasteiger charge is -2.36. The molecule has 3 aromatic rings. The molecule has 0 radical (unpaired) electrons. The number of carbonyl (C=O) groups is 1. The van der Waals surface area contributed by atoms with Crippen molar-refractivity contribution in [2.45, 2.75) is 42.5 Å². The number of hydrogen-bond acceptors (Lipinski definition) is 7. The van der Waals surface area contributed by atoms with Crippen LogP contribution in [0, 0.1) is 0 Å². The molecule has 12 heteroatoms. The first kappa shape index (κ1) is 26.2. The quantitative estimate of drug-likeness (QED) is 0.443. The third kappa shape index (κ3) is 5.92. The number of ether oxygens (including phenoxy) is 1. The van der Waals surface area contributed by atoms with E-state index < -0.39 is 32.9 Å². The number of sulfone groups is 1. The minimum atomic E-state index is -4.48. The number of halogens is 3. The third-order valence-electron chi connectivity index (χ3n) is 5.58. The summed E-state index contributed by atoms with van der Waals surface area (Å²) in [4.78, 5) is 20.5. The van der Waals surface area contributed by atoms with Gasteiger partial charge in [-0.2, -0.15) is 13.2 Å². The van der Waals surface area contributed by atoms with Gasteiger partial charge in [0.2, 0.25) is 0 Å². The van der Waals surface area contributed by atoms with Gasteiger partial charge in [0.1, 0.15) is 15.6 Å². The fourth-order valence-corrected chi connectivity index (χ4v) is 6.65. The smallest absolute Gasteiger partial charge is 0.416 e. The van der Waals surface area contributed by atoms with Gasteiger partial charge in [-0.25, -0.2) is 18.2 Å². The van der Waals surface area contributed by atoms with Crippen LogP contribution in [0.5, 0.6) is 0 Å². The molecular weight excluding hydrogens is 515 g/mol. The molecular formula is C24H26F3N3O4S2. The van der Waals surface area contributed by atoms with E-state index in [2.05, 4.69) is 4.98 Å².